The van der Waals surface area contributed by atoms with Gasteiger partial charge in [0, 0.05) is 5.56 Å². The molecule has 0 nitrogen and oxygen atoms in total. The summed E-state index contributed by atoms with van der Waals surface area (Å²) in [6, 6.07) is 11.0. The van der Waals surface area contributed by atoms with Gasteiger partial charge >= 0.3 is 0 Å². The molecule has 0 saturated heterocycles. The largest absolute Gasteiger partial charge is 0.207 e. The topological polar surface area (TPSA) is 0 Å². The summed E-state index contributed by atoms with van der Waals surface area (Å²) in [5, 5.41) is 0. The van der Waals surface area contributed by atoms with Gasteiger partial charge < -0.3 is 0 Å². The lowest BCUT2D eigenvalue weighted by Gasteiger charge is -2.22. The molecule has 0 heterocycles. The molecule has 1 aliphatic carbocycles. The van der Waals surface area contributed by atoms with Crippen molar-refractivity contribution in [1.82, 2.24) is 0 Å². The van der Waals surface area contributed by atoms with E-state index in [2.05, 4.69) is 12.1 Å². The molecule has 0 aliphatic heterocycles. The number of rotatable bonds is 2. The second-order valence-corrected chi connectivity index (χ2v) is 6.02. The zero-order valence-electron chi connectivity index (χ0n) is 12.3. The van der Waals surface area contributed by atoms with E-state index in [1.807, 2.05) is 12.1 Å². The summed E-state index contributed by atoms with van der Waals surface area (Å²) in [5.41, 5.74) is 2.90. The SMILES string of the molecule is Cc1c(F)cc(-c2ccc(C3CCCCC3)cc2)cc1F. The minimum atomic E-state index is -0.485. The fourth-order valence-corrected chi connectivity index (χ4v) is 3.20. The Morgan fingerprint density at radius 2 is 1.38 bits per heavy atom. The van der Waals surface area contributed by atoms with Gasteiger partial charge in [0.15, 0.2) is 0 Å². The minimum Gasteiger partial charge on any atom is -0.207 e. The van der Waals surface area contributed by atoms with Gasteiger partial charge in [-0.25, -0.2) is 8.78 Å². The molecule has 0 amide bonds. The molecule has 0 aromatic heterocycles. The standard InChI is InChI=1S/C19H20F2/c1-13-18(20)11-17(12-19(13)21)16-9-7-15(8-10-16)14-5-3-2-4-6-14/h7-12,14H,2-6H2,1H3. The van der Waals surface area contributed by atoms with Gasteiger partial charge in [0.2, 0.25) is 0 Å². The first kappa shape index (κ1) is 14.2. The van der Waals surface area contributed by atoms with E-state index >= 15 is 0 Å². The van der Waals surface area contributed by atoms with Crippen LogP contribution in [0.1, 0.15) is 49.1 Å². The Morgan fingerprint density at radius 3 is 1.95 bits per heavy atom. The Hall–Kier alpha value is -1.70. The Bertz CT molecular complexity index is 600. The third kappa shape index (κ3) is 2.99. The van der Waals surface area contributed by atoms with Crippen molar-refractivity contribution < 1.29 is 8.78 Å². The Kier molecular flexibility index (Phi) is 4.05. The molecule has 0 spiro atoms. The van der Waals surface area contributed by atoms with E-state index in [1.165, 1.54) is 56.7 Å². The highest BCUT2D eigenvalue weighted by atomic mass is 19.1. The van der Waals surface area contributed by atoms with Crippen LogP contribution < -0.4 is 0 Å². The summed E-state index contributed by atoms with van der Waals surface area (Å²) in [5.74, 6) is -0.318. The maximum atomic E-state index is 13.7. The quantitative estimate of drug-likeness (QED) is 0.636. The molecule has 0 radical (unpaired) electrons. The van der Waals surface area contributed by atoms with Crippen LogP contribution in [0.15, 0.2) is 36.4 Å². The Morgan fingerprint density at radius 1 is 0.810 bits per heavy atom. The second kappa shape index (κ2) is 5.97. The van der Waals surface area contributed by atoms with Crippen LogP contribution in [-0.4, -0.2) is 0 Å². The summed E-state index contributed by atoms with van der Waals surface area (Å²) < 4.78 is 27.3. The van der Waals surface area contributed by atoms with Gasteiger partial charge in [0.1, 0.15) is 11.6 Å². The summed E-state index contributed by atoms with van der Waals surface area (Å²) >= 11 is 0. The zero-order chi connectivity index (χ0) is 14.8. The van der Waals surface area contributed by atoms with Crippen LogP contribution in [0, 0.1) is 18.6 Å². The van der Waals surface area contributed by atoms with Gasteiger partial charge in [0.05, 0.1) is 0 Å². The van der Waals surface area contributed by atoms with Crippen molar-refractivity contribution >= 4 is 0 Å². The highest BCUT2D eigenvalue weighted by Gasteiger charge is 2.15. The maximum absolute atomic E-state index is 13.7. The predicted molar refractivity (Wildman–Crippen MR) is 82.4 cm³/mol. The van der Waals surface area contributed by atoms with Crippen LogP contribution >= 0.6 is 0 Å². The van der Waals surface area contributed by atoms with Crippen molar-refractivity contribution in [3.63, 3.8) is 0 Å². The summed E-state index contributed by atoms with van der Waals surface area (Å²) in [6.07, 6.45) is 6.47. The molecule has 2 aromatic rings. The van der Waals surface area contributed by atoms with E-state index in [0.717, 1.165) is 5.56 Å². The van der Waals surface area contributed by atoms with E-state index in [9.17, 15) is 8.78 Å². The van der Waals surface area contributed by atoms with Crippen molar-refractivity contribution in [2.75, 3.05) is 0 Å². The molecular formula is C19H20F2. The molecule has 2 heteroatoms. The molecule has 110 valence electrons. The number of hydrogen-bond acceptors (Lipinski definition) is 0. The normalized spacial score (nSPS) is 16.1. The molecular weight excluding hydrogens is 266 g/mol. The summed E-state index contributed by atoms with van der Waals surface area (Å²) in [4.78, 5) is 0. The lowest BCUT2D eigenvalue weighted by molar-refractivity contribution is 0.443. The van der Waals surface area contributed by atoms with Crippen molar-refractivity contribution in [2.45, 2.75) is 44.9 Å². The van der Waals surface area contributed by atoms with Gasteiger partial charge in [-0.1, -0.05) is 43.5 Å². The fourth-order valence-electron chi connectivity index (χ4n) is 3.20. The first-order chi connectivity index (χ1) is 10.1. The third-order valence-corrected chi connectivity index (χ3v) is 4.60. The molecule has 0 bridgehead atoms. The highest BCUT2D eigenvalue weighted by Crippen LogP contribution is 2.33. The predicted octanol–water partition coefficient (Wildman–Crippen LogP) is 5.99. The maximum Gasteiger partial charge on any atom is 0.129 e. The molecule has 1 saturated carbocycles. The summed E-state index contributed by atoms with van der Waals surface area (Å²) in [7, 11) is 0. The van der Waals surface area contributed by atoms with Gasteiger partial charge in [-0.2, -0.15) is 0 Å². The van der Waals surface area contributed by atoms with Crippen LogP contribution in [0.25, 0.3) is 11.1 Å². The molecule has 0 N–H and O–H groups in total. The third-order valence-electron chi connectivity index (χ3n) is 4.60. The average molecular weight is 286 g/mol. The number of halogens is 2. The molecule has 21 heavy (non-hydrogen) atoms. The Balaban J connectivity index is 1.87. The molecule has 0 atom stereocenters. The van der Waals surface area contributed by atoms with E-state index in [1.54, 1.807) is 0 Å². The fraction of sp³-hybridized carbons (Fsp3) is 0.368. The van der Waals surface area contributed by atoms with Crippen LogP contribution in [0.5, 0.6) is 0 Å². The van der Waals surface area contributed by atoms with Crippen LogP contribution in [-0.2, 0) is 0 Å². The number of hydrogen-bond donors (Lipinski definition) is 0. The highest BCUT2D eigenvalue weighted by molar-refractivity contribution is 5.64. The van der Waals surface area contributed by atoms with Gasteiger partial charge in [-0.05, 0) is 54.5 Å². The van der Waals surface area contributed by atoms with E-state index in [4.69, 9.17) is 0 Å². The van der Waals surface area contributed by atoms with Gasteiger partial charge in [-0.3, -0.25) is 0 Å². The van der Waals surface area contributed by atoms with E-state index in [-0.39, 0.29) is 5.56 Å². The lowest BCUT2D eigenvalue weighted by Crippen LogP contribution is -2.04. The second-order valence-electron chi connectivity index (χ2n) is 6.02. The summed E-state index contributed by atoms with van der Waals surface area (Å²) in [6.45, 7) is 1.46. The Labute approximate surface area is 124 Å². The smallest absolute Gasteiger partial charge is 0.129 e. The van der Waals surface area contributed by atoms with Crippen molar-refractivity contribution in [3.05, 3.63) is 59.2 Å². The monoisotopic (exact) mass is 286 g/mol. The molecule has 1 fully saturated rings. The van der Waals surface area contributed by atoms with Crippen LogP contribution in [0.3, 0.4) is 0 Å². The van der Waals surface area contributed by atoms with Gasteiger partial charge in [-0.15, -0.1) is 0 Å². The average Bonchev–Trinajstić information content (AvgIpc) is 2.53. The van der Waals surface area contributed by atoms with E-state index in [0.29, 0.717) is 11.5 Å². The van der Waals surface area contributed by atoms with Gasteiger partial charge in [0.25, 0.3) is 0 Å². The first-order valence-corrected chi connectivity index (χ1v) is 7.71. The first-order valence-electron chi connectivity index (χ1n) is 7.71. The zero-order valence-corrected chi connectivity index (χ0v) is 12.3. The van der Waals surface area contributed by atoms with Crippen LogP contribution in [0.2, 0.25) is 0 Å². The molecule has 1 aliphatic rings. The van der Waals surface area contributed by atoms with Crippen molar-refractivity contribution in [3.8, 4) is 11.1 Å². The molecule has 0 unspecified atom stereocenters. The van der Waals surface area contributed by atoms with Crippen molar-refractivity contribution in [2.24, 2.45) is 0 Å². The molecule has 3 rings (SSSR count). The van der Waals surface area contributed by atoms with E-state index < -0.39 is 11.6 Å². The lowest BCUT2D eigenvalue weighted by atomic mass is 9.83. The minimum absolute atomic E-state index is 0.0811. The van der Waals surface area contributed by atoms with Crippen LogP contribution in [0.4, 0.5) is 8.78 Å². The van der Waals surface area contributed by atoms with Crippen molar-refractivity contribution in [1.29, 1.82) is 0 Å². The molecule has 2 aromatic carbocycles. The number of benzene rings is 2.